The normalized spacial score (nSPS) is 17.9. The van der Waals surface area contributed by atoms with Crippen LogP contribution in [0.2, 0.25) is 0 Å². The van der Waals surface area contributed by atoms with E-state index in [1.807, 2.05) is 36.4 Å². The minimum absolute atomic E-state index is 0. The van der Waals surface area contributed by atoms with Gasteiger partial charge in [0.1, 0.15) is 5.75 Å². The van der Waals surface area contributed by atoms with Gasteiger partial charge < -0.3 is 25.3 Å². The lowest BCUT2D eigenvalue weighted by atomic mass is 10.0. The van der Waals surface area contributed by atoms with Crippen molar-refractivity contribution < 1.29 is 14.2 Å². The van der Waals surface area contributed by atoms with E-state index in [4.69, 9.17) is 19.9 Å². The van der Waals surface area contributed by atoms with Crippen LogP contribution in [0.5, 0.6) is 17.2 Å². The average molecular weight is 453 g/mol. The predicted molar refractivity (Wildman–Crippen MR) is 106 cm³/mol. The highest BCUT2D eigenvalue weighted by Crippen LogP contribution is 2.33. The Morgan fingerprint density at radius 2 is 1.92 bits per heavy atom. The highest BCUT2D eigenvalue weighted by molar-refractivity contribution is 14.0. The molecule has 2 heterocycles. The molecule has 25 heavy (non-hydrogen) atoms. The van der Waals surface area contributed by atoms with E-state index in [1.165, 1.54) is 0 Å². The van der Waals surface area contributed by atoms with Gasteiger partial charge >= 0.3 is 0 Å². The molecular formula is C18H20IN3O3. The van der Waals surface area contributed by atoms with Gasteiger partial charge in [-0.1, -0.05) is 24.3 Å². The number of aliphatic imine (C=N–C) groups is 1. The lowest BCUT2D eigenvalue weighted by molar-refractivity contribution is 0.174. The molecule has 0 aliphatic carbocycles. The van der Waals surface area contributed by atoms with Crippen molar-refractivity contribution in [2.75, 3.05) is 13.4 Å². The smallest absolute Gasteiger partial charge is 0.231 e. The topological polar surface area (TPSA) is 78.1 Å². The first-order chi connectivity index (χ1) is 11.8. The van der Waals surface area contributed by atoms with Crippen molar-refractivity contribution in [1.82, 2.24) is 5.32 Å². The fourth-order valence-corrected chi connectivity index (χ4v) is 2.93. The number of nitrogens with zero attached hydrogens (tertiary/aromatic N) is 1. The number of nitrogens with one attached hydrogen (secondary N) is 1. The molecule has 0 fully saturated rings. The maximum absolute atomic E-state index is 6.06. The first-order valence-corrected chi connectivity index (χ1v) is 7.96. The highest BCUT2D eigenvalue weighted by Gasteiger charge is 2.21. The molecule has 0 radical (unpaired) electrons. The van der Waals surface area contributed by atoms with Gasteiger partial charge in [-0.2, -0.15) is 0 Å². The second-order valence-electron chi connectivity index (χ2n) is 5.76. The van der Waals surface area contributed by atoms with Gasteiger partial charge in [0.25, 0.3) is 0 Å². The Morgan fingerprint density at radius 3 is 2.84 bits per heavy atom. The monoisotopic (exact) mass is 453 g/mol. The summed E-state index contributed by atoms with van der Waals surface area (Å²) in [6.07, 6.45) is 0.858. The third-order valence-corrected chi connectivity index (χ3v) is 4.15. The number of hydrogen-bond donors (Lipinski definition) is 2. The van der Waals surface area contributed by atoms with Gasteiger partial charge in [-0.3, -0.25) is 0 Å². The van der Waals surface area contributed by atoms with Crippen molar-refractivity contribution in [2.45, 2.75) is 19.0 Å². The van der Waals surface area contributed by atoms with E-state index in [-0.39, 0.29) is 36.8 Å². The first-order valence-electron chi connectivity index (χ1n) is 7.96. The number of guanidine groups is 1. The van der Waals surface area contributed by atoms with Crippen molar-refractivity contribution in [3.05, 3.63) is 53.6 Å². The zero-order valence-corrected chi connectivity index (χ0v) is 15.9. The summed E-state index contributed by atoms with van der Waals surface area (Å²) in [5, 5.41) is 3.29. The van der Waals surface area contributed by atoms with Gasteiger partial charge in [-0.15, -0.1) is 24.0 Å². The Balaban J connectivity index is 0.00000182. The Labute approximate surface area is 163 Å². The van der Waals surface area contributed by atoms with Crippen LogP contribution in [0.25, 0.3) is 0 Å². The third kappa shape index (κ3) is 3.92. The van der Waals surface area contributed by atoms with Gasteiger partial charge in [0.05, 0.1) is 19.2 Å². The number of ether oxygens (including phenoxy) is 3. The van der Waals surface area contributed by atoms with Crippen molar-refractivity contribution in [2.24, 2.45) is 10.7 Å². The van der Waals surface area contributed by atoms with E-state index in [0.717, 1.165) is 34.8 Å². The number of para-hydroxylation sites is 1. The minimum atomic E-state index is 0. The molecule has 7 heteroatoms. The summed E-state index contributed by atoms with van der Waals surface area (Å²) >= 11 is 0. The van der Waals surface area contributed by atoms with Crippen LogP contribution in [0.15, 0.2) is 47.5 Å². The number of fused-ring (bicyclic) bond motifs is 2. The number of nitrogens with two attached hydrogens (primary N) is 1. The van der Waals surface area contributed by atoms with Crippen LogP contribution < -0.4 is 25.3 Å². The minimum Gasteiger partial charge on any atom is -0.493 e. The van der Waals surface area contributed by atoms with Crippen LogP contribution in [0.4, 0.5) is 0 Å². The molecule has 0 saturated heterocycles. The number of halogens is 1. The zero-order chi connectivity index (χ0) is 16.4. The van der Waals surface area contributed by atoms with Crippen LogP contribution in [-0.4, -0.2) is 19.4 Å². The molecule has 0 bridgehead atoms. The molecule has 3 N–H and O–H groups in total. The number of hydrogen-bond acceptors (Lipinski definition) is 4. The summed E-state index contributed by atoms with van der Waals surface area (Å²) in [6, 6.07) is 13.9. The fourth-order valence-electron chi connectivity index (χ4n) is 2.93. The molecule has 2 aliphatic heterocycles. The molecular weight excluding hydrogens is 433 g/mol. The quantitative estimate of drug-likeness (QED) is 0.425. The van der Waals surface area contributed by atoms with Crippen LogP contribution >= 0.6 is 24.0 Å². The summed E-state index contributed by atoms with van der Waals surface area (Å²) in [7, 11) is 0. The lowest BCUT2D eigenvalue weighted by Gasteiger charge is -2.26. The van der Waals surface area contributed by atoms with E-state index in [9.17, 15) is 0 Å². The molecule has 2 aromatic carbocycles. The first kappa shape index (κ1) is 17.7. The van der Waals surface area contributed by atoms with Gasteiger partial charge in [0.2, 0.25) is 6.79 Å². The average Bonchev–Trinajstić information content (AvgIpc) is 3.08. The fraction of sp³-hybridized carbons (Fsp3) is 0.278. The van der Waals surface area contributed by atoms with E-state index < -0.39 is 0 Å². The summed E-state index contributed by atoms with van der Waals surface area (Å²) in [5.41, 5.74) is 8.20. The van der Waals surface area contributed by atoms with Crippen molar-refractivity contribution in [3.8, 4) is 17.2 Å². The van der Waals surface area contributed by atoms with Crippen molar-refractivity contribution in [1.29, 1.82) is 0 Å². The van der Waals surface area contributed by atoms with Gasteiger partial charge in [0.15, 0.2) is 17.5 Å². The SMILES string of the molecule is I.NC(=NCc1ccc2c(c1)OCO2)NC1CCOc2ccccc21. The maximum atomic E-state index is 6.06. The Morgan fingerprint density at radius 1 is 1.08 bits per heavy atom. The van der Waals surface area contributed by atoms with E-state index in [2.05, 4.69) is 16.4 Å². The largest absolute Gasteiger partial charge is 0.493 e. The Kier molecular flexibility index (Phi) is 5.52. The Bertz CT molecular complexity index is 782. The zero-order valence-electron chi connectivity index (χ0n) is 13.6. The molecule has 0 saturated carbocycles. The Hall–Kier alpha value is -2.16. The van der Waals surface area contributed by atoms with E-state index >= 15 is 0 Å². The summed E-state index contributed by atoms with van der Waals surface area (Å²) in [5.74, 6) is 2.86. The second kappa shape index (κ2) is 7.81. The molecule has 0 aromatic heterocycles. The molecule has 4 rings (SSSR count). The summed E-state index contributed by atoms with van der Waals surface area (Å²) in [4.78, 5) is 4.43. The molecule has 6 nitrogen and oxygen atoms in total. The van der Waals surface area contributed by atoms with Crippen LogP contribution in [0.1, 0.15) is 23.6 Å². The molecule has 1 unspecified atom stereocenters. The standard InChI is InChI=1S/C18H19N3O3.HI/c19-18(20-10-12-5-6-16-17(9-12)24-11-23-16)21-14-7-8-22-15-4-2-1-3-13(14)15;/h1-6,9,14H,7-8,10-11H2,(H3,19,20,21);1H. The molecule has 0 amide bonds. The lowest BCUT2D eigenvalue weighted by Crippen LogP contribution is -2.37. The van der Waals surface area contributed by atoms with Gasteiger partial charge in [-0.05, 0) is 23.8 Å². The van der Waals surface area contributed by atoms with Crippen LogP contribution in [0, 0.1) is 0 Å². The van der Waals surface area contributed by atoms with Gasteiger partial charge in [0, 0.05) is 12.0 Å². The molecule has 2 aromatic rings. The number of rotatable bonds is 3. The van der Waals surface area contributed by atoms with Crippen LogP contribution in [0.3, 0.4) is 0 Å². The summed E-state index contributed by atoms with van der Waals surface area (Å²) in [6.45, 7) is 1.43. The number of benzene rings is 2. The molecule has 132 valence electrons. The van der Waals surface area contributed by atoms with Crippen LogP contribution in [-0.2, 0) is 6.54 Å². The second-order valence-corrected chi connectivity index (χ2v) is 5.76. The van der Waals surface area contributed by atoms with Gasteiger partial charge in [-0.25, -0.2) is 4.99 Å². The van der Waals surface area contributed by atoms with E-state index in [0.29, 0.717) is 19.1 Å². The van der Waals surface area contributed by atoms with Crippen molar-refractivity contribution >= 4 is 29.9 Å². The van der Waals surface area contributed by atoms with E-state index in [1.54, 1.807) is 0 Å². The maximum Gasteiger partial charge on any atom is 0.231 e. The predicted octanol–water partition coefficient (Wildman–Crippen LogP) is 2.96. The third-order valence-electron chi connectivity index (χ3n) is 4.15. The highest BCUT2D eigenvalue weighted by atomic mass is 127. The molecule has 0 spiro atoms. The van der Waals surface area contributed by atoms with Crippen molar-refractivity contribution in [3.63, 3.8) is 0 Å². The molecule has 2 aliphatic rings. The molecule has 1 atom stereocenters. The summed E-state index contributed by atoms with van der Waals surface area (Å²) < 4.78 is 16.3.